The highest BCUT2D eigenvalue weighted by Crippen LogP contribution is 2.20. The Kier molecular flexibility index (Phi) is 5.02. The summed E-state index contributed by atoms with van der Waals surface area (Å²) < 4.78 is 1.65. The van der Waals surface area contributed by atoms with Gasteiger partial charge in [-0.25, -0.2) is 0 Å². The molecule has 0 saturated heterocycles. The topological polar surface area (TPSA) is 46.9 Å². The van der Waals surface area contributed by atoms with Crippen LogP contribution in [-0.4, -0.2) is 15.7 Å². The van der Waals surface area contributed by atoms with Crippen LogP contribution in [0.5, 0.6) is 0 Å². The maximum Gasteiger partial charge on any atom is 0.245 e. The van der Waals surface area contributed by atoms with Gasteiger partial charge < -0.3 is 5.32 Å². The summed E-state index contributed by atoms with van der Waals surface area (Å²) in [6.07, 6.45) is 2.40. The molecule has 1 amide bonds. The first-order chi connectivity index (χ1) is 10.0. The third-order valence-corrected chi connectivity index (χ3v) is 4.03. The highest BCUT2D eigenvalue weighted by atomic mass is 35.5. The highest BCUT2D eigenvalue weighted by Gasteiger charge is 2.21. The number of aromatic nitrogens is 2. The van der Waals surface area contributed by atoms with Crippen LogP contribution < -0.4 is 5.32 Å². The van der Waals surface area contributed by atoms with Gasteiger partial charge in [0.2, 0.25) is 5.91 Å². The molecule has 2 unspecified atom stereocenters. The van der Waals surface area contributed by atoms with Gasteiger partial charge in [-0.1, -0.05) is 48.9 Å². The Labute approximate surface area is 130 Å². The SMILES string of the molecule is CCC(NC(=O)C(C)n1ncc(Cl)c1C)c1ccccc1. The number of carbonyl (C=O) groups is 1. The quantitative estimate of drug-likeness (QED) is 0.916. The van der Waals surface area contributed by atoms with E-state index in [4.69, 9.17) is 11.6 Å². The summed E-state index contributed by atoms with van der Waals surface area (Å²) in [4.78, 5) is 12.4. The second-order valence-corrected chi connectivity index (χ2v) is 5.49. The fourth-order valence-corrected chi connectivity index (χ4v) is 2.43. The fraction of sp³-hybridized carbons (Fsp3) is 0.375. The van der Waals surface area contributed by atoms with E-state index < -0.39 is 6.04 Å². The van der Waals surface area contributed by atoms with Crippen LogP contribution in [0.4, 0.5) is 0 Å². The van der Waals surface area contributed by atoms with Gasteiger partial charge in [0.1, 0.15) is 6.04 Å². The first kappa shape index (κ1) is 15.6. The smallest absolute Gasteiger partial charge is 0.245 e. The van der Waals surface area contributed by atoms with Crippen molar-refractivity contribution < 1.29 is 4.79 Å². The van der Waals surface area contributed by atoms with Crippen LogP contribution in [0, 0.1) is 6.92 Å². The van der Waals surface area contributed by atoms with Gasteiger partial charge in [0, 0.05) is 0 Å². The predicted molar refractivity (Wildman–Crippen MR) is 84.3 cm³/mol. The molecule has 21 heavy (non-hydrogen) atoms. The Morgan fingerprint density at radius 2 is 2.05 bits per heavy atom. The summed E-state index contributed by atoms with van der Waals surface area (Å²) in [6, 6.07) is 9.58. The number of carbonyl (C=O) groups excluding carboxylic acids is 1. The zero-order valence-electron chi connectivity index (χ0n) is 12.5. The molecule has 0 radical (unpaired) electrons. The van der Waals surface area contributed by atoms with Gasteiger partial charge in [0.25, 0.3) is 0 Å². The molecule has 1 heterocycles. The summed E-state index contributed by atoms with van der Waals surface area (Å²) in [5.74, 6) is -0.0615. The molecule has 4 nitrogen and oxygen atoms in total. The van der Waals surface area contributed by atoms with E-state index in [0.717, 1.165) is 17.7 Å². The lowest BCUT2D eigenvalue weighted by atomic mass is 10.0. The van der Waals surface area contributed by atoms with E-state index in [1.54, 1.807) is 10.9 Å². The molecule has 2 rings (SSSR count). The fourth-order valence-electron chi connectivity index (χ4n) is 2.30. The predicted octanol–water partition coefficient (Wildman–Crippen LogP) is 3.67. The van der Waals surface area contributed by atoms with Crippen LogP contribution in [-0.2, 0) is 4.79 Å². The van der Waals surface area contributed by atoms with Crippen molar-refractivity contribution in [3.8, 4) is 0 Å². The molecule has 112 valence electrons. The molecule has 0 bridgehead atoms. The highest BCUT2D eigenvalue weighted by molar-refractivity contribution is 6.31. The number of nitrogens with one attached hydrogen (secondary N) is 1. The maximum absolute atomic E-state index is 12.4. The molecule has 0 spiro atoms. The minimum atomic E-state index is -0.393. The number of hydrogen-bond donors (Lipinski definition) is 1. The molecule has 0 aliphatic heterocycles. The van der Waals surface area contributed by atoms with Crippen molar-refractivity contribution in [1.29, 1.82) is 0 Å². The van der Waals surface area contributed by atoms with Crippen LogP contribution in [0.15, 0.2) is 36.5 Å². The average Bonchev–Trinajstić information content (AvgIpc) is 2.84. The standard InChI is InChI=1S/C16H20ClN3O/c1-4-15(13-8-6-5-7-9-13)19-16(21)12(3)20-11(2)14(17)10-18-20/h5-10,12,15H,4H2,1-3H3,(H,19,21). The number of halogens is 1. The Morgan fingerprint density at radius 1 is 1.38 bits per heavy atom. The molecule has 2 atom stereocenters. The van der Waals surface area contributed by atoms with Crippen molar-refractivity contribution in [3.63, 3.8) is 0 Å². The summed E-state index contributed by atoms with van der Waals surface area (Å²) in [5.41, 5.74) is 1.91. The molecule has 1 aromatic heterocycles. The molecule has 0 aliphatic rings. The lowest BCUT2D eigenvalue weighted by Crippen LogP contribution is -2.34. The van der Waals surface area contributed by atoms with Gasteiger partial charge in [-0.3, -0.25) is 9.48 Å². The first-order valence-electron chi connectivity index (χ1n) is 7.09. The summed E-state index contributed by atoms with van der Waals surface area (Å²) >= 11 is 5.99. The van der Waals surface area contributed by atoms with Crippen molar-refractivity contribution >= 4 is 17.5 Å². The van der Waals surface area contributed by atoms with Crippen LogP contribution in [0.25, 0.3) is 0 Å². The molecular formula is C16H20ClN3O. The zero-order valence-corrected chi connectivity index (χ0v) is 13.3. The monoisotopic (exact) mass is 305 g/mol. The van der Waals surface area contributed by atoms with Crippen LogP contribution in [0.1, 0.15) is 43.6 Å². The number of hydrogen-bond acceptors (Lipinski definition) is 2. The normalized spacial score (nSPS) is 13.7. The molecule has 0 aliphatic carbocycles. The van der Waals surface area contributed by atoms with Gasteiger partial charge in [0.15, 0.2) is 0 Å². The molecular weight excluding hydrogens is 286 g/mol. The molecule has 0 saturated carbocycles. The Hall–Kier alpha value is -1.81. The molecule has 2 aromatic rings. The lowest BCUT2D eigenvalue weighted by molar-refractivity contribution is -0.125. The number of benzene rings is 1. The molecule has 1 aromatic carbocycles. The van der Waals surface area contributed by atoms with Gasteiger partial charge in [0.05, 0.1) is 23.0 Å². The van der Waals surface area contributed by atoms with Gasteiger partial charge in [-0.15, -0.1) is 0 Å². The van der Waals surface area contributed by atoms with Crippen molar-refractivity contribution in [1.82, 2.24) is 15.1 Å². The third kappa shape index (κ3) is 3.45. The second kappa shape index (κ2) is 6.76. The largest absolute Gasteiger partial charge is 0.347 e. The van der Waals surface area contributed by atoms with E-state index >= 15 is 0 Å². The Balaban J connectivity index is 2.11. The Morgan fingerprint density at radius 3 is 2.57 bits per heavy atom. The average molecular weight is 306 g/mol. The molecule has 0 fully saturated rings. The van der Waals surface area contributed by atoms with Crippen molar-refractivity contribution in [2.24, 2.45) is 0 Å². The van der Waals surface area contributed by atoms with Gasteiger partial charge in [-0.2, -0.15) is 5.10 Å². The van der Waals surface area contributed by atoms with Crippen molar-refractivity contribution in [3.05, 3.63) is 52.8 Å². The minimum absolute atomic E-state index is 0.00694. The van der Waals surface area contributed by atoms with Crippen molar-refractivity contribution in [2.45, 2.75) is 39.3 Å². The van der Waals surface area contributed by atoms with E-state index in [-0.39, 0.29) is 11.9 Å². The number of rotatable bonds is 5. The van der Waals surface area contributed by atoms with Gasteiger partial charge >= 0.3 is 0 Å². The minimum Gasteiger partial charge on any atom is -0.347 e. The Bertz CT molecular complexity index is 609. The molecule has 1 N–H and O–H groups in total. The van der Waals surface area contributed by atoms with Crippen molar-refractivity contribution in [2.75, 3.05) is 0 Å². The summed E-state index contributed by atoms with van der Waals surface area (Å²) in [6.45, 7) is 5.73. The van der Waals surface area contributed by atoms with Gasteiger partial charge in [-0.05, 0) is 25.8 Å². The summed E-state index contributed by atoms with van der Waals surface area (Å²) in [5, 5.41) is 7.81. The second-order valence-electron chi connectivity index (χ2n) is 5.08. The van der Waals surface area contributed by atoms with E-state index in [2.05, 4.69) is 17.3 Å². The number of nitrogens with zero attached hydrogens (tertiary/aromatic N) is 2. The zero-order chi connectivity index (χ0) is 15.4. The lowest BCUT2D eigenvalue weighted by Gasteiger charge is -2.21. The van der Waals surface area contributed by atoms with Crippen LogP contribution in [0.3, 0.4) is 0 Å². The maximum atomic E-state index is 12.4. The van der Waals surface area contributed by atoms with E-state index in [1.165, 1.54) is 0 Å². The summed E-state index contributed by atoms with van der Waals surface area (Å²) in [7, 11) is 0. The first-order valence-corrected chi connectivity index (χ1v) is 7.47. The van der Waals surface area contributed by atoms with Crippen LogP contribution in [0.2, 0.25) is 5.02 Å². The van der Waals surface area contributed by atoms with E-state index in [1.807, 2.05) is 44.2 Å². The third-order valence-electron chi connectivity index (χ3n) is 3.66. The van der Waals surface area contributed by atoms with E-state index in [0.29, 0.717) is 5.02 Å². The van der Waals surface area contributed by atoms with E-state index in [9.17, 15) is 4.79 Å². The number of amides is 1. The van der Waals surface area contributed by atoms with Crippen LogP contribution >= 0.6 is 11.6 Å². The molecule has 5 heteroatoms.